The second kappa shape index (κ2) is 2.39. The van der Waals surface area contributed by atoms with E-state index >= 15 is 0 Å². The van der Waals surface area contributed by atoms with E-state index in [9.17, 15) is 0 Å². The molecule has 0 bridgehead atoms. The predicted molar refractivity (Wildman–Crippen MR) is 57.7 cm³/mol. The van der Waals surface area contributed by atoms with E-state index < -0.39 is 0 Å². The summed E-state index contributed by atoms with van der Waals surface area (Å²) in [5.41, 5.74) is 0. The molecule has 0 amide bonds. The monoisotopic (exact) mass is 190 g/mol. The van der Waals surface area contributed by atoms with Gasteiger partial charge in [-0.05, 0) is 73.0 Å². The third kappa shape index (κ3) is 0.907. The average Bonchev–Trinajstić information content (AvgIpc) is 3.03. The molecular weight excluding hydrogens is 168 g/mol. The van der Waals surface area contributed by atoms with Gasteiger partial charge in [0.25, 0.3) is 0 Å². The van der Waals surface area contributed by atoms with Gasteiger partial charge in [-0.25, -0.2) is 0 Å². The minimum Gasteiger partial charge on any atom is -0.0620 e. The van der Waals surface area contributed by atoms with E-state index in [4.69, 9.17) is 0 Å². The molecule has 0 radical (unpaired) electrons. The van der Waals surface area contributed by atoms with Crippen LogP contribution in [-0.2, 0) is 0 Å². The molecule has 78 valence electrons. The molecule has 0 aliphatic heterocycles. The lowest BCUT2D eigenvalue weighted by molar-refractivity contribution is 0.190. The van der Waals surface area contributed by atoms with E-state index in [-0.39, 0.29) is 0 Å². The Morgan fingerprint density at radius 3 is 1.93 bits per heavy atom. The van der Waals surface area contributed by atoms with E-state index in [0.717, 1.165) is 23.7 Å². The van der Waals surface area contributed by atoms with Crippen molar-refractivity contribution in [3.05, 3.63) is 0 Å². The van der Waals surface area contributed by atoms with Crippen LogP contribution in [0.15, 0.2) is 0 Å². The summed E-state index contributed by atoms with van der Waals surface area (Å²) >= 11 is 0. The van der Waals surface area contributed by atoms with Gasteiger partial charge in [0.1, 0.15) is 0 Å². The molecule has 0 N–H and O–H groups in total. The lowest BCUT2D eigenvalue weighted by atomic mass is 9.75. The second-order valence-corrected chi connectivity index (χ2v) is 6.84. The molecule has 14 heavy (non-hydrogen) atoms. The molecule has 0 heterocycles. The van der Waals surface area contributed by atoms with E-state index in [2.05, 4.69) is 13.8 Å². The first kappa shape index (κ1) is 8.19. The van der Waals surface area contributed by atoms with Crippen LogP contribution < -0.4 is 0 Å². The second-order valence-electron chi connectivity index (χ2n) is 6.84. The number of rotatable bonds is 0. The predicted octanol–water partition coefficient (Wildman–Crippen LogP) is 3.57. The van der Waals surface area contributed by atoms with Gasteiger partial charge in [0, 0.05) is 0 Å². The Labute approximate surface area is 87.5 Å². The van der Waals surface area contributed by atoms with Crippen molar-refractivity contribution in [1.29, 1.82) is 0 Å². The highest BCUT2D eigenvalue weighted by atomic mass is 14.6. The van der Waals surface area contributed by atoms with Crippen LogP contribution in [0.2, 0.25) is 0 Å². The molecule has 4 fully saturated rings. The molecule has 4 aliphatic rings. The van der Waals surface area contributed by atoms with Crippen LogP contribution in [-0.4, -0.2) is 0 Å². The molecule has 0 aromatic rings. The zero-order valence-electron chi connectivity index (χ0n) is 9.45. The molecule has 0 saturated heterocycles. The lowest BCUT2D eigenvalue weighted by Gasteiger charge is -2.30. The highest BCUT2D eigenvalue weighted by Crippen LogP contribution is 2.67. The van der Waals surface area contributed by atoms with Crippen LogP contribution >= 0.6 is 0 Å². The maximum atomic E-state index is 2.56. The van der Waals surface area contributed by atoms with Gasteiger partial charge in [-0.15, -0.1) is 0 Å². The Bertz CT molecular complexity index is 269. The molecule has 0 aromatic heterocycles. The average molecular weight is 190 g/mol. The van der Waals surface area contributed by atoms with Gasteiger partial charge in [0.2, 0.25) is 0 Å². The summed E-state index contributed by atoms with van der Waals surface area (Å²) in [4.78, 5) is 0. The summed E-state index contributed by atoms with van der Waals surface area (Å²) in [5, 5.41) is 0. The summed E-state index contributed by atoms with van der Waals surface area (Å²) in [6.45, 7) is 5.11. The van der Waals surface area contributed by atoms with Gasteiger partial charge in [-0.1, -0.05) is 13.8 Å². The van der Waals surface area contributed by atoms with Crippen molar-refractivity contribution >= 4 is 0 Å². The fourth-order valence-electron chi connectivity index (χ4n) is 5.18. The van der Waals surface area contributed by atoms with Crippen LogP contribution in [0.5, 0.6) is 0 Å². The smallest absolute Gasteiger partial charge is 0.0349 e. The van der Waals surface area contributed by atoms with Crippen LogP contribution in [0.1, 0.15) is 39.5 Å². The molecule has 0 spiro atoms. The quantitative estimate of drug-likeness (QED) is 0.548. The Kier molecular flexibility index (Phi) is 1.40. The molecule has 0 nitrogen and oxygen atoms in total. The normalized spacial score (nSPS) is 69.0. The summed E-state index contributed by atoms with van der Waals surface area (Å²) in [6, 6.07) is 0. The van der Waals surface area contributed by atoms with Gasteiger partial charge in [0.05, 0.1) is 0 Å². The minimum absolute atomic E-state index is 1.05. The molecular formula is C14H22. The molecule has 4 rings (SSSR count). The van der Waals surface area contributed by atoms with Crippen LogP contribution in [0.3, 0.4) is 0 Å². The molecule has 0 aromatic carbocycles. The standard InChI is InChI=1S/C14H22/c1-7-8(2)12-4-10-5-13(10)14(12)6-9-3-11(7)9/h7-14H,3-6H2,1-2H3. The topological polar surface area (TPSA) is 0 Å². The SMILES string of the molecule is CC1C(C)C2CC3CC3C2CC2CC21. The lowest BCUT2D eigenvalue weighted by Crippen LogP contribution is -2.23. The fraction of sp³-hybridized carbons (Fsp3) is 1.00. The summed E-state index contributed by atoms with van der Waals surface area (Å²) < 4.78 is 0. The third-order valence-electron chi connectivity index (χ3n) is 6.38. The molecule has 8 atom stereocenters. The highest BCUT2D eigenvalue weighted by molar-refractivity contribution is 5.09. The first-order chi connectivity index (χ1) is 6.75. The third-order valence-corrected chi connectivity index (χ3v) is 6.38. The van der Waals surface area contributed by atoms with E-state index in [1.165, 1.54) is 23.7 Å². The number of hydrogen-bond donors (Lipinski definition) is 0. The Hall–Kier alpha value is 0. The number of fused-ring (bicyclic) bond motifs is 4. The van der Waals surface area contributed by atoms with Crippen molar-refractivity contribution in [2.45, 2.75) is 39.5 Å². The molecule has 4 saturated carbocycles. The molecule has 4 aliphatic carbocycles. The van der Waals surface area contributed by atoms with E-state index in [1.54, 1.807) is 25.7 Å². The summed E-state index contributed by atoms with van der Waals surface area (Å²) in [7, 11) is 0. The maximum absolute atomic E-state index is 2.56. The van der Waals surface area contributed by atoms with Crippen molar-refractivity contribution in [2.75, 3.05) is 0 Å². The van der Waals surface area contributed by atoms with E-state index in [1.807, 2.05) is 0 Å². The van der Waals surface area contributed by atoms with Crippen molar-refractivity contribution < 1.29 is 0 Å². The van der Waals surface area contributed by atoms with Gasteiger partial charge < -0.3 is 0 Å². The zero-order chi connectivity index (χ0) is 9.45. The largest absolute Gasteiger partial charge is 0.0620 e. The van der Waals surface area contributed by atoms with Gasteiger partial charge in [-0.3, -0.25) is 0 Å². The first-order valence-corrected chi connectivity index (χ1v) is 6.75. The fourth-order valence-corrected chi connectivity index (χ4v) is 5.18. The maximum Gasteiger partial charge on any atom is -0.0349 e. The van der Waals surface area contributed by atoms with Crippen molar-refractivity contribution in [3.63, 3.8) is 0 Å². The summed E-state index contributed by atoms with van der Waals surface area (Å²) in [5.74, 6) is 9.12. The zero-order valence-corrected chi connectivity index (χ0v) is 9.45. The molecule has 8 unspecified atom stereocenters. The van der Waals surface area contributed by atoms with Crippen molar-refractivity contribution in [2.24, 2.45) is 47.3 Å². The Balaban J connectivity index is 1.66. The minimum atomic E-state index is 1.05. The highest BCUT2D eigenvalue weighted by Gasteiger charge is 2.60. The summed E-state index contributed by atoms with van der Waals surface area (Å²) in [6.07, 6.45) is 6.44. The Morgan fingerprint density at radius 1 is 0.571 bits per heavy atom. The van der Waals surface area contributed by atoms with Crippen molar-refractivity contribution in [1.82, 2.24) is 0 Å². The van der Waals surface area contributed by atoms with Crippen molar-refractivity contribution in [3.8, 4) is 0 Å². The van der Waals surface area contributed by atoms with Crippen LogP contribution in [0.25, 0.3) is 0 Å². The van der Waals surface area contributed by atoms with Gasteiger partial charge >= 0.3 is 0 Å². The van der Waals surface area contributed by atoms with E-state index in [0.29, 0.717) is 0 Å². The van der Waals surface area contributed by atoms with Gasteiger partial charge in [0.15, 0.2) is 0 Å². The van der Waals surface area contributed by atoms with Crippen LogP contribution in [0, 0.1) is 47.3 Å². The molecule has 0 heteroatoms. The number of hydrogen-bond acceptors (Lipinski definition) is 0. The van der Waals surface area contributed by atoms with Crippen LogP contribution in [0.4, 0.5) is 0 Å². The first-order valence-electron chi connectivity index (χ1n) is 6.75. The van der Waals surface area contributed by atoms with Gasteiger partial charge in [-0.2, -0.15) is 0 Å². The Morgan fingerprint density at radius 2 is 1.07 bits per heavy atom.